The predicted octanol–water partition coefficient (Wildman–Crippen LogP) is 3.16. The first kappa shape index (κ1) is 15.6. The maximum absolute atomic E-state index is 12.7. The number of fused-ring (bicyclic) bond motifs is 1. The van der Waals surface area contributed by atoms with Crippen LogP contribution in [0, 0.1) is 0 Å². The van der Waals surface area contributed by atoms with E-state index in [9.17, 15) is 9.90 Å². The number of hydrogen-bond donors (Lipinski definition) is 2. The van der Waals surface area contributed by atoms with E-state index in [0.717, 1.165) is 31.2 Å². The largest absolute Gasteiger partial charge is 0.493 e. The standard InChI is InChI=1S/C19H20N4O2/c24-17-11-16(13-7-3-1-4-8-13)22-18-15(12-20-23(17)18)19(25)21-14-9-5-2-6-10-14/h1,3-4,7-8,11-12,14,24H,2,5-6,9-10H2,(H,21,25). The van der Waals surface area contributed by atoms with Crippen molar-refractivity contribution in [3.63, 3.8) is 0 Å². The van der Waals surface area contributed by atoms with Gasteiger partial charge in [0.05, 0.1) is 11.9 Å². The molecule has 0 saturated heterocycles. The van der Waals surface area contributed by atoms with Gasteiger partial charge in [0.1, 0.15) is 5.56 Å². The molecule has 0 atom stereocenters. The number of benzene rings is 1. The number of hydrogen-bond acceptors (Lipinski definition) is 4. The van der Waals surface area contributed by atoms with Gasteiger partial charge >= 0.3 is 0 Å². The van der Waals surface area contributed by atoms with E-state index in [1.807, 2.05) is 30.3 Å². The van der Waals surface area contributed by atoms with Crippen LogP contribution in [0.25, 0.3) is 16.9 Å². The van der Waals surface area contributed by atoms with Crippen LogP contribution < -0.4 is 5.32 Å². The third kappa shape index (κ3) is 3.07. The zero-order chi connectivity index (χ0) is 17.2. The molecule has 1 aliphatic rings. The molecule has 3 aromatic rings. The molecule has 6 nitrogen and oxygen atoms in total. The molecule has 0 bridgehead atoms. The fourth-order valence-electron chi connectivity index (χ4n) is 3.37. The maximum atomic E-state index is 12.7. The lowest BCUT2D eigenvalue weighted by atomic mass is 9.95. The monoisotopic (exact) mass is 336 g/mol. The van der Waals surface area contributed by atoms with E-state index in [2.05, 4.69) is 15.4 Å². The summed E-state index contributed by atoms with van der Waals surface area (Å²) in [6.07, 6.45) is 7.03. The number of amides is 1. The first-order valence-corrected chi connectivity index (χ1v) is 8.66. The van der Waals surface area contributed by atoms with Crippen molar-refractivity contribution in [1.82, 2.24) is 19.9 Å². The van der Waals surface area contributed by atoms with E-state index in [1.165, 1.54) is 17.1 Å². The maximum Gasteiger partial charge on any atom is 0.256 e. The summed E-state index contributed by atoms with van der Waals surface area (Å²) < 4.78 is 1.29. The van der Waals surface area contributed by atoms with Crippen molar-refractivity contribution >= 4 is 11.6 Å². The van der Waals surface area contributed by atoms with Gasteiger partial charge in [-0.15, -0.1) is 0 Å². The molecule has 1 aromatic carbocycles. The predicted molar refractivity (Wildman–Crippen MR) is 94.4 cm³/mol. The van der Waals surface area contributed by atoms with E-state index in [0.29, 0.717) is 16.9 Å². The lowest BCUT2D eigenvalue weighted by Gasteiger charge is -2.22. The molecule has 128 valence electrons. The second-order valence-corrected chi connectivity index (χ2v) is 6.47. The van der Waals surface area contributed by atoms with Crippen LogP contribution in [0.4, 0.5) is 0 Å². The molecule has 4 rings (SSSR count). The Hall–Kier alpha value is -2.89. The molecule has 1 fully saturated rings. The Balaban J connectivity index is 1.69. The van der Waals surface area contributed by atoms with E-state index in [-0.39, 0.29) is 17.8 Å². The van der Waals surface area contributed by atoms with Crippen LogP contribution in [0.1, 0.15) is 42.5 Å². The second kappa shape index (κ2) is 6.55. The van der Waals surface area contributed by atoms with Crippen molar-refractivity contribution in [2.75, 3.05) is 0 Å². The Morgan fingerprint density at radius 3 is 2.68 bits per heavy atom. The van der Waals surface area contributed by atoms with E-state index >= 15 is 0 Å². The molecule has 25 heavy (non-hydrogen) atoms. The second-order valence-electron chi connectivity index (χ2n) is 6.47. The fourth-order valence-corrected chi connectivity index (χ4v) is 3.37. The Morgan fingerprint density at radius 1 is 1.16 bits per heavy atom. The summed E-state index contributed by atoms with van der Waals surface area (Å²) in [5.41, 5.74) is 2.24. The van der Waals surface area contributed by atoms with Crippen LogP contribution in [-0.4, -0.2) is 31.7 Å². The minimum absolute atomic E-state index is 0.0411. The van der Waals surface area contributed by atoms with Gasteiger partial charge in [-0.1, -0.05) is 49.6 Å². The summed E-state index contributed by atoms with van der Waals surface area (Å²) >= 11 is 0. The lowest BCUT2D eigenvalue weighted by Crippen LogP contribution is -2.36. The topological polar surface area (TPSA) is 79.5 Å². The quantitative estimate of drug-likeness (QED) is 0.770. The Morgan fingerprint density at radius 2 is 1.92 bits per heavy atom. The van der Waals surface area contributed by atoms with Gasteiger partial charge in [-0.3, -0.25) is 4.79 Å². The summed E-state index contributed by atoms with van der Waals surface area (Å²) in [6.45, 7) is 0. The summed E-state index contributed by atoms with van der Waals surface area (Å²) in [5.74, 6) is -0.223. The third-order valence-electron chi connectivity index (χ3n) is 4.71. The number of nitrogens with zero attached hydrogens (tertiary/aromatic N) is 3. The molecule has 1 saturated carbocycles. The average Bonchev–Trinajstić information content (AvgIpc) is 3.08. The van der Waals surface area contributed by atoms with Crippen LogP contribution >= 0.6 is 0 Å². The van der Waals surface area contributed by atoms with Crippen molar-refractivity contribution in [3.8, 4) is 17.1 Å². The van der Waals surface area contributed by atoms with Gasteiger partial charge in [-0.25, -0.2) is 4.98 Å². The number of rotatable bonds is 3. The first-order chi connectivity index (χ1) is 12.2. The van der Waals surface area contributed by atoms with Gasteiger partial charge in [-0.2, -0.15) is 9.61 Å². The minimum atomic E-state index is -0.181. The van der Waals surface area contributed by atoms with Gasteiger partial charge in [0.15, 0.2) is 5.65 Å². The Bertz CT molecular complexity index is 898. The molecular formula is C19H20N4O2. The summed E-state index contributed by atoms with van der Waals surface area (Å²) in [6, 6.07) is 11.3. The van der Waals surface area contributed by atoms with E-state index in [4.69, 9.17) is 0 Å². The molecule has 0 spiro atoms. The highest BCUT2D eigenvalue weighted by atomic mass is 16.3. The van der Waals surface area contributed by atoms with Crippen molar-refractivity contribution in [1.29, 1.82) is 0 Å². The van der Waals surface area contributed by atoms with Gasteiger partial charge in [0.25, 0.3) is 5.91 Å². The van der Waals surface area contributed by atoms with Crippen LogP contribution in [0.15, 0.2) is 42.6 Å². The SMILES string of the molecule is O=C(NC1CCCCC1)c1cnn2c(O)cc(-c3ccccc3)nc12. The third-order valence-corrected chi connectivity index (χ3v) is 4.71. The van der Waals surface area contributed by atoms with Crippen LogP contribution in [0.2, 0.25) is 0 Å². The van der Waals surface area contributed by atoms with Gasteiger partial charge < -0.3 is 10.4 Å². The molecule has 1 amide bonds. The van der Waals surface area contributed by atoms with Gasteiger partial charge in [0.2, 0.25) is 5.88 Å². The van der Waals surface area contributed by atoms with Crippen molar-refractivity contribution in [2.24, 2.45) is 0 Å². The number of aromatic hydroxyl groups is 1. The van der Waals surface area contributed by atoms with Gasteiger partial charge in [0, 0.05) is 17.7 Å². The van der Waals surface area contributed by atoms with Crippen molar-refractivity contribution in [2.45, 2.75) is 38.1 Å². The van der Waals surface area contributed by atoms with E-state index in [1.54, 1.807) is 6.07 Å². The van der Waals surface area contributed by atoms with Crippen LogP contribution in [0.3, 0.4) is 0 Å². The number of carbonyl (C=O) groups excluding carboxylic acids is 1. The van der Waals surface area contributed by atoms with E-state index < -0.39 is 0 Å². The smallest absolute Gasteiger partial charge is 0.256 e. The molecule has 2 aromatic heterocycles. The number of aromatic nitrogens is 3. The highest BCUT2D eigenvalue weighted by Crippen LogP contribution is 2.24. The van der Waals surface area contributed by atoms with Crippen LogP contribution in [0.5, 0.6) is 5.88 Å². The number of carbonyl (C=O) groups is 1. The van der Waals surface area contributed by atoms with Crippen molar-refractivity contribution in [3.05, 3.63) is 48.2 Å². The normalized spacial score (nSPS) is 15.4. The molecule has 0 unspecified atom stereocenters. The molecule has 0 radical (unpaired) electrons. The highest BCUT2D eigenvalue weighted by Gasteiger charge is 2.21. The molecule has 2 N–H and O–H groups in total. The fraction of sp³-hybridized carbons (Fsp3) is 0.316. The average molecular weight is 336 g/mol. The molecule has 0 aliphatic heterocycles. The first-order valence-electron chi connectivity index (χ1n) is 8.66. The van der Waals surface area contributed by atoms with Gasteiger partial charge in [-0.05, 0) is 12.8 Å². The minimum Gasteiger partial charge on any atom is -0.493 e. The van der Waals surface area contributed by atoms with Crippen LogP contribution in [-0.2, 0) is 0 Å². The van der Waals surface area contributed by atoms with Crippen molar-refractivity contribution < 1.29 is 9.90 Å². The molecular weight excluding hydrogens is 316 g/mol. The lowest BCUT2D eigenvalue weighted by molar-refractivity contribution is 0.0929. The Labute approximate surface area is 145 Å². The molecule has 1 aliphatic carbocycles. The molecule has 2 heterocycles. The summed E-state index contributed by atoms with van der Waals surface area (Å²) in [4.78, 5) is 17.2. The summed E-state index contributed by atoms with van der Waals surface area (Å²) in [5, 5.41) is 17.4. The number of nitrogens with one attached hydrogen (secondary N) is 1. The highest BCUT2D eigenvalue weighted by molar-refractivity contribution is 6.00. The summed E-state index contributed by atoms with van der Waals surface area (Å²) in [7, 11) is 0. The molecule has 6 heteroatoms. The Kier molecular flexibility index (Phi) is 4.09. The zero-order valence-electron chi connectivity index (χ0n) is 13.9. The zero-order valence-corrected chi connectivity index (χ0v) is 13.9.